The van der Waals surface area contributed by atoms with Crippen molar-refractivity contribution in [3.05, 3.63) is 29.8 Å². The van der Waals surface area contributed by atoms with Crippen molar-refractivity contribution < 1.29 is 4.79 Å². The minimum atomic E-state index is -0.517. The van der Waals surface area contributed by atoms with E-state index in [1.54, 1.807) is 11.8 Å². The highest BCUT2D eigenvalue weighted by molar-refractivity contribution is 7.99. The summed E-state index contributed by atoms with van der Waals surface area (Å²) in [6.07, 6.45) is 0. The van der Waals surface area contributed by atoms with Crippen molar-refractivity contribution in [3.63, 3.8) is 0 Å². The fourth-order valence-corrected chi connectivity index (χ4v) is 1.77. The van der Waals surface area contributed by atoms with Crippen molar-refractivity contribution in [2.45, 2.75) is 18.4 Å². The van der Waals surface area contributed by atoms with Crippen LogP contribution in [0.25, 0.3) is 0 Å². The molecule has 2 nitrogen and oxygen atoms in total. The molecule has 0 atom stereocenters. The lowest BCUT2D eigenvalue weighted by Gasteiger charge is -2.02. The Hall–Kier alpha value is -0.670. The number of hydrogen-bond acceptors (Lipinski definition) is 2. The average Bonchev–Trinajstić information content (AvgIpc) is 2.17. The molecule has 0 radical (unpaired) electrons. The molecule has 0 fully saturated rings. The number of carbonyl (C=O) groups excluding carboxylic acids is 1. The fraction of sp³-hybridized carbons (Fsp3) is 0.300. The lowest BCUT2D eigenvalue weighted by atomic mass is 10.2. The van der Waals surface area contributed by atoms with E-state index in [0.717, 1.165) is 11.3 Å². The van der Waals surface area contributed by atoms with Gasteiger partial charge in [-0.25, -0.2) is 0 Å². The molecule has 76 valence electrons. The van der Waals surface area contributed by atoms with Gasteiger partial charge in [0.05, 0.1) is 0 Å². The Balaban J connectivity index is 2.50. The quantitative estimate of drug-likeness (QED) is 0.488. The predicted molar refractivity (Wildman–Crippen MR) is 60.9 cm³/mol. The van der Waals surface area contributed by atoms with Gasteiger partial charge in [-0.15, -0.1) is 11.8 Å². The average molecular weight is 230 g/mol. The molecule has 14 heavy (non-hydrogen) atoms. The lowest BCUT2D eigenvalue weighted by Crippen LogP contribution is -2.15. The Labute approximate surface area is 93.0 Å². The van der Waals surface area contributed by atoms with Crippen LogP contribution < -0.4 is 5.32 Å². The summed E-state index contributed by atoms with van der Waals surface area (Å²) >= 11 is 6.95. The van der Waals surface area contributed by atoms with Gasteiger partial charge < -0.3 is 5.32 Å². The number of amides is 1. The first-order chi connectivity index (χ1) is 6.72. The maximum absolute atomic E-state index is 10.4. The lowest BCUT2D eigenvalue weighted by molar-refractivity contribution is 0.259. The molecule has 0 bridgehead atoms. The van der Waals surface area contributed by atoms with Crippen LogP contribution in [0, 0.1) is 0 Å². The minimum Gasteiger partial charge on any atom is -0.339 e. The van der Waals surface area contributed by atoms with E-state index in [1.165, 1.54) is 4.90 Å². The van der Waals surface area contributed by atoms with Crippen LogP contribution >= 0.6 is 23.4 Å². The van der Waals surface area contributed by atoms with Crippen molar-refractivity contribution in [2.24, 2.45) is 0 Å². The minimum absolute atomic E-state index is 0.486. The second kappa shape index (κ2) is 5.94. The van der Waals surface area contributed by atoms with Gasteiger partial charge in [-0.3, -0.25) is 4.79 Å². The molecule has 0 aliphatic rings. The van der Waals surface area contributed by atoms with E-state index < -0.39 is 5.37 Å². The molecule has 4 heteroatoms. The largest absolute Gasteiger partial charge is 0.339 e. The SMILES string of the molecule is CCSc1ccc(CNC(=O)Cl)cc1. The number of benzene rings is 1. The third-order valence-corrected chi connectivity index (χ3v) is 2.69. The van der Waals surface area contributed by atoms with Gasteiger partial charge >= 0.3 is 5.37 Å². The van der Waals surface area contributed by atoms with E-state index in [2.05, 4.69) is 12.2 Å². The van der Waals surface area contributed by atoms with E-state index in [4.69, 9.17) is 11.6 Å². The molecule has 0 spiro atoms. The zero-order chi connectivity index (χ0) is 10.4. The Morgan fingerprint density at radius 3 is 2.57 bits per heavy atom. The van der Waals surface area contributed by atoms with Gasteiger partial charge in [-0.1, -0.05) is 19.1 Å². The van der Waals surface area contributed by atoms with Crippen LogP contribution in [0.5, 0.6) is 0 Å². The number of hydrogen-bond donors (Lipinski definition) is 1. The second-order valence-electron chi connectivity index (χ2n) is 2.70. The van der Waals surface area contributed by atoms with Gasteiger partial charge in [0.1, 0.15) is 0 Å². The molecule has 1 amide bonds. The molecule has 0 saturated carbocycles. The van der Waals surface area contributed by atoms with E-state index >= 15 is 0 Å². The Morgan fingerprint density at radius 2 is 2.07 bits per heavy atom. The van der Waals surface area contributed by atoms with Crippen LogP contribution in [-0.4, -0.2) is 11.1 Å². The zero-order valence-corrected chi connectivity index (χ0v) is 9.49. The molecule has 0 saturated heterocycles. The summed E-state index contributed by atoms with van der Waals surface area (Å²) in [5, 5.41) is 2.02. The van der Waals surface area contributed by atoms with E-state index in [1.807, 2.05) is 24.3 Å². The van der Waals surface area contributed by atoms with Crippen LogP contribution in [0.1, 0.15) is 12.5 Å². The summed E-state index contributed by atoms with van der Waals surface area (Å²) in [7, 11) is 0. The van der Waals surface area contributed by atoms with E-state index in [0.29, 0.717) is 6.54 Å². The molecular formula is C10H12ClNOS. The van der Waals surface area contributed by atoms with Crippen molar-refractivity contribution in [1.82, 2.24) is 5.32 Å². The number of halogens is 1. The highest BCUT2D eigenvalue weighted by Crippen LogP contribution is 2.17. The smallest absolute Gasteiger partial charge is 0.314 e. The third kappa shape index (κ3) is 4.03. The van der Waals surface area contributed by atoms with Gasteiger partial charge in [0, 0.05) is 11.4 Å². The summed E-state index contributed by atoms with van der Waals surface area (Å²) in [5.41, 5.74) is 1.06. The Kier molecular flexibility index (Phi) is 4.84. The summed E-state index contributed by atoms with van der Waals surface area (Å²) < 4.78 is 0. The summed E-state index contributed by atoms with van der Waals surface area (Å²) in [6, 6.07) is 8.07. The molecule has 1 aromatic carbocycles. The van der Waals surface area contributed by atoms with Gasteiger partial charge in [-0.2, -0.15) is 0 Å². The van der Waals surface area contributed by atoms with Crippen LogP contribution in [0.2, 0.25) is 0 Å². The Morgan fingerprint density at radius 1 is 1.43 bits per heavy atom. The first-order valence-corrected chi connectivity index (χ1v) is 5.74. The monoisotopic (exact) mass is 229 g/mol. The molecule has 1 aromatic rings. The summed E-state index contributed by atoms with van der Waals surface area (Å²) in [6.45, 7) is 2.60. The first-order valence-electron chi connectivity index (χ1n) is 4.37. The van der Waals surface area contributed by atoms with Crippen molar-refractivity contribution in [1.29, 1.82) is 0 Å². The number of carbonyl (C=O) groups is 1. The predicted octanol–water partition coefficient (Wildman–Crippen LogP) is 3.25. The zero-order valence-electron chi connectivity index (χ0n) is 7.92. The Bertz CT molecular complexity index is 299. The molecule has 1 N–H and O–H groups in total. The molecule has 0 aromatic heterocycles. The third-order valence-electron chi connectivity index (χ3n) is 1.67. The van der Waals surface area contributed by atoms with Crippen molar-refractivity contribution >= 4 is 28.7 Å². The highest BCUT2D eigenvalue weighted by Gasteiger charge is 1.96. The summed E-state index contributed by atoms with van der Waals surface area (Å²) in [4.78, 5) is 11.7. The van der Waals surface area contributed by atoms with Crippen LogP contribution in [0.4, 0.5) is 4.79 Å². The number of rotatable bonds is 4. The molecule has 0 aliphatic heterocycles. The topological polar surface area (TPSA) is 29.1 Å². The van der Waals surface area contributed by atoms with E-state index in [-0.39, 0.29) is 0 Å². The van der Waals surface area contributed by atoms with Crippen molar-refractivity contribution in [2.75, 3.05) is 5.75 Å². The van der Waals surface area contributed by atoms with Gasteiger partial charge in [-0.05, 0) is 35.0 Å². The molecule has 1 rings (SSSR count). The summed E-state index contributed by atoms with van der Waals surface area (Å²) in [5.74, 6) is 1.07. The standard InChI is InChI=1S/C10H12ClNOS/c1-2-14-9-5-3-8(4-6-9)7-12-10(11)13/h3-6H,2,7H2,1H3,(H,12,13). The molecule has 0 heterocycles. The first kappa shape index (κ1) is 11.4. The normalized spacial score (nSPS) is 9.86. The fourth-order valence-electron chi connectivity index (χ4n) is 1.04. The van der Waals surface area contributed by atoms with Crippen molar-refractivity contribution in [3.8, 4) is 0 Å². The van der Waals surface area contributed by atoms with Crippen LogP contribution in [0.15, 0.2) is 29.2 Å². The molecule has 0 unspecified atom stereocenters. The van der Waals surface area contributed by atoms with Crippen LogP contribution in [-0.2, 0) is 6.54 Å². The highest BCUT2D eigenvalue weighted by atomic mass is 35.5. The number of nitrogens with one attached hydrogen (secondary N) is 1. The second-order valence-corrected chi connectivity index (χ2v) is 4.38. The maximum atomic E-state index is 10.4. The number of thioether (sulfide) groups is 1. The molecular weight excluding hydrogens is 218 g/mol. The van der Waals surface area contributed by atoms with Gasteiger partial charge in [0.15, 0.2) is 0 Å². The van der Waals surface area contributed by atoms with Crippen LogP contribution in [0.3, 0.4) is 0 Å². The van der Waals surface area contributed by atoms with E-state index in [9.17, 15) is 4.79 Å². The maximum Gasteiger partial charge on any atom is 0.314 e. The van der Waals surface area contributed by atoms with Gasteiger partial charge in [0.25, 0.3) is 0 Å². The molecule has 0 aliphatic carbocycles. The van der Waals surface area contributed by atoms with Gasteiger partial charge in [0.2, 0.25) is 0 Å².